The van der Waals surface area contributed by atoms with Gasteiger partial charge in [-0.25, -0.2) is 9.37 Å². The number of nitrogens with one attached hydrogen (secondary N) is 2. The third-order valence-corrected chi connectivity index (χ3v) is 5.26. The molecule has 2 aromatic carbocycles. The maximum Gasteiger partial charge on any atom is 0.146 e. The molecule has 2 heterocycles. The summed E-state index contributed by atoms with van der Waals surface area (Å²) in [7, 11) is 0. The van der Waals surface area contributed by atoms with Gasteiger partial charge in [-0.15, -0.1) is 0 Å². The number of nitrogen functional groups attached to an aromatic ring is 1. The van der Waals surface area contributed by atoms with E-state index in [4.69, 9.17) is 5.73 Å². The Kier molecular flexibility index (Phi) is 5.92. The number of aliphatic hydroxyl groups is 1. The van der Waals surface area contributed by atoms with Gasteiger partial charge in [0.2, 0.25) is 0 Å². The summed E-state index contributed by atoms with van der Waals surface area (Å²) in [5, 5.41) is 26.4. The van der Waals surface area contributed by atoms with Crippen LogP contribution in [0.15, 0.2) is 48.5 Å². The van der Waals surface area contributed by atoms with Crippen molar-refractivity contribution in [2.45, 2.75) is 13.2 Å². The minimum atomic E-state index is -0.876. The van der Waals surface area contributed by atoms with Crippen molar-refractivity contribution in [2.24, 2.45) is 0 Å². The Morgan fingerprint density at radius 2 is 1.81 bits per heavy atom. The number of hydrogen-bond donors (Lipinski definition) is 5. The molecule has 8 heteroatoms. The van der Waals surface area contributed by atoms with E-state index in [-0.39, 0.29) is 11.4 Å². The van der Waals surface area contributed by atoms with Gasteiger partial charge in [-0.1, -0.05) is 24.3 Å². The maximum absolute atomic E-state index is 14.5. The third kappa shape index (κ3) is 4.55. The number of rotatable bonds is 5. The Bertz CT molecular complexity index is 1080. The first-order chi connectivity index (χ1) is 14.9. The lowest BCUT2D eigenvalue weighted by Crippen LogP contribution is -2.43. The van der Waals surface area contributed by atoms with E-state index in [1.807, 2.05) is 12.1 Å². The Morgan fingerprint density at radius 3 is 2.48 bits per heavy atom. The molecule has 6 N–H and O–H groups in total. The molecule has 0 bridgehead atoms. The number of pyridine rings is 1. The van der Waals surface area contributed by atoms with Crippen LogP contribution in [0, 0.1) is 5.82 Å². The quantitative estimate of drug-likeness (QED) is 0.402. The molecule has 0 spiro atoms. The summed E-state index contributed by atoms with van der Waals surface area (Å²) >= 11 is 0. The van der Waals surface area contributed by atoms with E-state index in [1.165, 1.54) is 19.1 Å². The minimum absolute atomic E-state index is 0.0370. The van der Waals surface area contributed by atoms with Gasteiger partial charge in [0.15, 0.2) is 0 Å². The van der Waals surface area contributed by atoms with Crippen molar-refractivity contribution in [1.82, 2.24) is 10.3 Å². The first kappa shape index (κ1) is 20.9. The molecule has 1 unspecified atom stereocenters. The van der Waals surface area contributed by atoms with Gasteiger partial charge in [0.1, 0.15) is 29.4 Å². The van der Waals surface area contributed by atoms with Crippen LogP contribution in [-0.4, -0.2) is 47.6 Å². The summed E-state index contributed by atoms with van der Waals surface area (Å²) in [5.74, 6) is 0.656. The lowest BCUT2D eigenvalue weighted by atomic mass is 9.97. The van der Waals surface area contributed by atoms with Crippen LogP contribution in [-0.2, 0) is 0 Å². The van der Waals surface area contributed by atoms with Crippen molar-refractivity contribution in [2.75, 3.05) is 42.1 Å². The minimum Gasteiger partial charge on any atom is -0.507 e. The lowest BCUT2D eigenvalue weighted by molar-refractivity contribution is 0.224. The van der Waals surface area contributed by atoms with Gasteiger partial charge in [-0.3, -0.25) is 0 Å². The molecule has 4 rings (SSSR count). The van der Waals surface area contributed by atoms with E-state index in [9.17, 15) is 14.6 Å². The smallest absolute Gasteiger partial charge is 0.146 e. The fraction of sp³-hybridized carbons (Fsp3) is 0.261. The standard InChI is InChI=1S/C23H26FN5O2/c1-14(30)27-20-6-5-15(11-19(20)24)17-3-2-4-18(23(17)31)16-12-21(25)28-22(13-16)29-9-7-26-8-10-29/h2-6,11-14,26-27,30-31H,7-10H2,1H3,(H2,25,28). The molecule has 0 aliphatic carbocycles. The number of anilines is 3. The van der Waals surface area contributed by atoms with Crippen LogP contribution in [0.3, 0.4) is 0 Å². The normalized spacial score (nSPS) is 15.0. The van der Waals surface area contributed by atoms with Crippen molar-refractivity contribution in [3.05, 3.63) is 54.3 Å². The second-order valence-corrected chi connectivity index (χ2v) is 7.59. The molecular weight excluding hydrogens is 397 g/mol. The van der Waals surface area contributed by atoms with Crippen LogP contribution >= 0.6 is 0 Å². The van der Waals surface area contributed by atoms with E-state index in [1.54, 1.807) is 24.3 Å². The third-order valence-electron chi connectivity index (χ3n) is 5.26. The van der Waals surface area contributed by atoms with E-state index in [0.717, 1.165) is 37.6 Å². The highest BCUT2D eigenvalue weighted by atomic mass is 19.1. The summed E-state index contributed by atoms with van der Waals surface area (Å²) in [6.07, 6.45) is -0.876. The van der Waals surface area contributed by atoms with E-state index < -0.39 is 12.0 Å². The van der Waals surface area contributed by atoms with Crippen LogP contribution in [0.5, 0.6) is 5.75 Å². The highest BCUT2D eigenvalue weighted by Crippen LogP contribution is 2.40. The van der Waals surface area contributed by atoms with Gasteiger partial charge >= 0.3 is 0 Å². The van der Waals surface area contributed by atoms with E-state index in [0.29, 0.717) is 22.5 Å². The summed E-state index contributed by atoms with van der Waals surface area (Å²) < 4.78 is 14.5. The number of hydrogen-bond acceptors (Lipinski definition) is 7. The molecule has 0 saturated carbocycles. The fourth-order valence-electron chi connectivity index (χ4n) is 3.78. The molecule has 1 atom stereocenters. The topological polar surface area (TPSA) is 107 Å². The van der Waals surface area contributed by atoms with Crippen molar-refractivity contribution in [3.8, 4) is 28.0 Å². The number of nitrogens with two attached hydrogens (primary N) is 1. The number of nitrogens with zero attached hydrogens (tertiary/aromatic N) is 2. The Labute approximate surface area is 180 Å². The maximum atomic E-state index is 14.5. The molecule has 0 amide bonds. The Morgan fingerprint density at radius 1 is 1.10 bits per heavy atom. The number of benzene rings is 2. The monoisotopic (exact) mass is 423 g/mol. The summed E-state index contributed by atoms with van der Waals surface area (Å²) in [4.78, 5) is 6.61. The van der Waals surface area contributed by atoms with Gasteiger partial charge in [0, 0.05) is 37.3 Å². The first-order valence-corrected chi connectivity index (χ1v) is 10.2. The lowest BCUT2D eigenvalue weighted by Gasteiger charge is -2.29. The summed E-state index contributed by atoms with van der Waals surface area (Å²) in [6.45, 7) is 4.91. The first-order valence-electron chi connectivity index (χ1n) is 10.2. The molecular formula is C23H26FN5O2. The zero-order valence-corrected chi connectivity index (χ0v) is 17.3. The predicted molar refractivity (Wildman–Crippen MR) is 122 cm³/mol. The van der Waals surface area contributed by atoms with Crippen LogP contribution in [0.25, 0.3) is 22.3 Å². The summed E-state index contributed by atoms with van der Waals surface area (Å²) in [5.41, 5.74) is 8.62. The molecule has 1 fully saturated rings. The molecule has 1 aromatic heterocycles. The Hall–Kier alpha value is -3.36. The molecule has 31 heavy (non-hydrogen) atoms. The number of halogens is 1. The van der Waals surface area contributed by atoms with Gasteiger partial charge in [-0.2, -0.15) is 0 Å². The van der Waals surface area contributed by atoms with Crippen LogP contribution in [0.4, 0.5) is 21.7 Å². The zero-order chi connectivity index (χ0) is 22.0. The SMILES string of the molecule is CC(O)Nc1ccc(-c2cccc(-c3cc(N)nc(N4CCNCC4)c3)c2O)cc1F. The zero-order valence-electron chi connectivity index (χ0n) is 17.3. The van der Waals surface area contributed by atoms with Crippen LogP contribution < -0.4 is 21.3 Å². The van der Waals surface area contributed by atoms with Crippen LogP contribution in [0.1, 0.15) is 6.92 Å². The molecule has 3 aromatic rings. The molecule has 7 nitrogen and oxygen atoms in total. The van der Waals surface area contributed by atoms with Crippen LogP contribution in [0.2, 0.25) is 0 Å². The number of aromatic nitrogens is 1. The van der Waals surface area contributed by atoms with Crippen molar-refractivity contribution < 1.29 is 14.6 Å². The average Bonchev–Trinajstić information content (AvgIpc) is 2.75. The number of para-hydroxylation sites is 1. The largest absolute Gasteiger partial charge is 0.507 e. The molecule has 0 radical (unpaired) electrons. The predicted octanol–water partition coefficient (Wildman–Crippen LogP) is 3.00. The number of piperazine rings is 1. The van der Waals surface area contributed by atoms with Crippen molar-refractivity contribution in [1.29, 1.82) is 0 Å². The molecule has 1 aliphatic rings. The number of aliphatic hydroxyl groups excluding tert-OH is 1. The van der Waals surface area contributed by atoms with Gasteiger partial charge in [0.05, 0.1) is 5.69 Å². The van der Waals surface area contributed by atoms with Crippen molar-refractivity contribution in [3.63, 3.8) is 0 Å². The molecule has 1 aliphatic heterocycles. The number of aromatic hydroxyl groups is 1. The Balaban J connectivity index is 1.71. The van der Waals surface area contributed by atoms with Gasteiger partial charge in [0.25, 0.3) is 0 Å². The number of phenols is 1. The molecule has 162 valence electrons. The average molecular weight is 423 g/mol. The highest BCUT2D eigenvalue weighted by molar-refractivity contribution is 5.84. The molecule has 1 saturated heterocycles. The highest BCUT2D eigenvalue weighted by Gasteiger charge is 2.17. The second-order valence-electron chi connectivity index (χ2n) is 7.59. The summed E-state index contributed by atoms with van der Waals surface area (Å²) in [6, 6.07) is 13.5. The van der Waals surface area contributed by atoms with Gasteiger partial charge in [-0.05, 0) is 42.3 Å². The van der Waals surface area contributed by atoms with E-state index in [2.05, 4.69) is 20.5 Å². The van der Waals surface area contributed by atoms with Crippen molar-refractivity contribution >= 4 is 17.3 Å². The number of phenolic OH excluding ortho intramolecular Hbond substituents is 1. The van der Waals surface area contributed by atoms with E-state index >= 15 is 0 Å². The van der Waals surface area contributed by atoms with Gasteiger partial charge < -0.3 is 31.5 Å². The second kappa shape index (κ2) is 8.79. The fourth-order valence-corrected chi connectivity index (χ4v) is 3.78.